The van der Waals surface area contributed by atoms with Crippen LogP contribution in [0.4, 0.5) is 0 Å². The Hall–Kier alpha value is -2.08. The molecule has 0 fully saturated rings. The van der Waals surface area contributed by atoms with Gasteiger partial charge in [0, 0.05) is 10.9 Å². The summed E-state index contributed by atoms with van der Waals surface area (Å²) in [7, 11) is 0. The maximum atomic E-state index is 11.6. The first-order valence-corrected chi connectivity index (χ1v) is 5.95. The van der Waals surface area contributed by atoms with Gasteiger partial charge >= 0.3 is 0 Å². The van der Waals surface area contributed by atoms with Gasteiger partial charge in [-0.3, -0.25) is 4.79 Å². The zero-order chi connectivity index (χ0) is 13.3. The van der Waals surface area contributed by atoms with Gasteiger partial charge in [0.2, 0.25) is 0 Å². The second-order valence-corrected chi connectivity index (χ2v) is 5.49. The molecule has 0 spiro atoms. The molecule has 2 rings (SSSR count). The van der Waals surface area contributed by atoms with Crippen LogP contribution in [-0.2, 0) is 5.41 Å². The maximum Gasteiger partial charge on any atom is 0.193 e. The van der Waals surface area contributed by atoms with Gasteiger partial charge in [-0.2, -0.15) is 5.26 Å². The Morgan fingerprint density at radius 1 is 1.33 bits per heavy atom. The van der Waals surface area contributed by atoms with Gasteiger partial charge in [-0.05, 0) is 29.2 Å². The second kappa shape index (κ2) is 4.30. The number of benzene rings is 1. The van der Waals surface area contributed by atoms with E-state index < -0.39 is 0 Å². The molecule has 1 N–H and O–H groups in total. The highest BCUT2D eigenvalue weighted by molar-refractivity contribution is 6.00. The summed E-state index contributed by atoms with van der Waals surface area (Å²) in [5.74, 6) is -0.161. The van der Waals surface area contributed by atoms with Gasteiger partial charge in [0.05, 0.1) is 11.8 Å². The number of carbonyl (C=O) groups excluding carboxylic acids is 1. The van der Waals surface area contributed by atoms with E-state index in [2.05, 4.69) is 37.9 Å². The van der Waals surface area contributed by atoms with Crippen LogP contribution in [0.2, 0.25) is 0 Å². The Balaban J connectivity index is 2.47. The zero-order valence-corrected chi connectivity index (χ0v) is 10.9. The van der Waals surface area contributed by atoms with Crippen molar-refractivity contribution in [3.63, 3.8) is 0 Å². The normalized spacial score (nSPS) is 11.4. The topological polar surface area (TPSA) is 56.6 Å². The number of H-pyrrole nitrogens is 1. The number of nitrogens with zero attached hydrogens (tertiary/aromatic N) is 1. The van der Waals surface area contributed by atoms with Crippen LogP contribution in [0.5, 0.6) is 0 Å². The fourth-order valence-electron chi connectivity index (χ4n) is 1.92. The average molecular weight is 240 g/mol. The van der Waals surface area contributed by atoms with Gasteiger partial charge in [-0.25, -0.2) is 0 Å². The van der Waals surface area contributed by atoms with Crippen LogP contribution in [0, 0.1) is 11.3 Å². The lowest BCUT2D eigenvalue weighted by Gasteiger charge is -2.18. The molecule has 1 heterocycles. The van der Waals surface area contributed by atoms with Crippen LogP contribution in [-0.4, -0.2) is 10.8 Å². The molecule has 0 bridgehead atoms. The molecule has 1 aromatic carbocycles. The van der Waals surface area contributed by atoms with Gasteiger partial charge in [0.1, 0.15) is 6.42 Å². The fraction of sp³-hybridized carbons (Fsp3) is 0.333. The Labute approximate surface area is 106 Å². The van der Waals surface area contributed by atoms with E-state index in [4.69, 9.17) is 5.26 Å². The molecule has 3 heteroatoms. The van der Waals surface area contributed by atoms with E-state index in [1.807, 2.05) is 18.2 Å². The van der Waals surface area contributed by atoms with Gasteiger partial charge in [0.15, 0.2) is 5.78 Å². The van der Waals surface area contributed by atoms with E-state index in [0.29, 0.717) is 5.69 Å². The van der Waals surface area contributed by atoms with Crippen molar-refractivity contribution in [1.82, 2.24) is 4.98 Å². The quantitative estimate of drug-likeness (QED) is 0.816. The van der Waals surface area contributed by atoms with Crippen molar-refractivity contribution >= 4 is 16.7 Å². The molecule has 0 atom stereocenters. The summed E-state index contributed by atoms with van der Waals surface area (Å²) in [6, 6.07) is 9.84. The molecule has 0 amide bonds. The molecular formula is C15H16N2O. The number of nitriles is 1. The number of carbonyl (C=O) groups is 1. The number of aromatic amines is 1. The van der Waals surface area contributed by atoms with E-state index >= 15 is 0 Å². The monoisotopic (exact) mass is 240 g/mol. The van der Waals surface area contributed by atoms with Crippen LogP contribution < -0.4 is 0 Å². The third kappa shape index (κ3) is 2.28. The van der Waals surface area contributed by atoms with Crippen molar-refractivity contribution in [2.75, 3.05) is 0 Å². The van der Waals surface area contributed by atoms with Crippen molar-refractivity contribution in [1.29, 1.82) is 5.26 Å². The molecule has 1 aromatic heterocycles. The van der Waals surface area contributed by atoms with Gasteiger partial charge in [-0.15, -0.1) is 0 Å². The molecule has 0 aliphatic rings. The van der Waals surface area contributed by atoms with E-state index in [1.54, 1.807) is 0 Å². The summed E-state index contributed by atoms with van der Waals surface area (Å²) >= 11 is 0. The molecule has 0 unspecified atom stereocenters. The van der Waals surface area contributed by atoms with E-state index in [9.17, 15) is 4.79 Å². The minimum Gasteiger partial charge on any atom is -0.352 e. The highest BCUT2D eigenvalue weighted by Gasteiger charge is 2.15. The third-order valence-corrected chi connectivity index (χ3v) is 3.03. The molecule has 0 saturated carbocycles. The van der Waals surface area contributed by atoms with Gasteiger partial charge in [0.25, 0.3) is 0 Å². The third-order valence-electron chi connectivity index (χ3n) is 3.03. The largest absolute Gasteiger partial charge is 0.352 e. The van der Waals surface area contributed by atoms with Crippen LogP contribution >= 0.6 is 0 Å². The van der Waals surface area contributed by atoms with Crippen LogP contribution in [0.3, 0.4) is 0 Å². The number of Topliss-reactive ketones (excluding diaryl/α,β-unsaturated/α-hetero) is 1. The highest BCUT2D eigenvalue weighted by Crippen LogP contribution is 2.26. The van der Waals surface area contributed by atoms with Crippen molar-refractivity contribution in [3.05, 3.63) is 35.5 Å². The molecule has 0 aliphatic carbocycles. The highest BCUT2D eigenvalue weighted by atomic mass is 16.1. The molecule has 18 heavy (non-hydrogen) atoms. The Bertz CT molecular complexity index is 639. The van der Waals surface area contributed by atoms with Crippen molar-refractivity contribution < 1.29 is 4.79 Å². The number of hydrogen-bond acceptors (Lipinski definition) is 2. The maximum absolute atomic E-state index is 11.6. The smallest absolute Gasteiger partial charge is 0.193 e. The molecular weight excluding hydrogens is 224 g/mol. The van der Waals surface area contributed by atoms with Gasteiger partial charge < -0.3 is 4.98 Å². The van der Waals surface area contributed by atoms with E-state index in [-0.39, 0.29) is 17.6 Å². The summed E-state index contributed by atoms with van der Waals surface area (Å²) in [5, 5.41) is 9.56. The summed E-state index contributed by atoms with van der Waals surface area (Å²) in [5.41, 5.74) is 2.76. The van der Waals surface area contributed by atoms with Crippen molar-refractivity contribution in [2.45, 2.75) is 32.6 Å². The zero-order valence-electron chi connectivity index (χ0n) is 10.9. The lowest BCUT2D eigenvalue weighted by Crippen LogP contribution is -2.10. The molecule has 3 nitrogen and oxygen atoms in total. The molecule has 92 valence electrons. The molecule has 0 radical (unpaired) electrons. The Morgan fingerprint density at radius 3 is 2.67 bits per heavy atom. The number of aromatic nitrogens is 1. The first-order chi connectivity index (χ1) is 8.41. The van der Waals surface area contributed by atoms with Crippen molar-refractivity contribution in [3.8, 4) is 6.07 Å². The summed E-state index contributed by atoms with van der Waals surface area (Å²) in [6.45, 7) is 6.47. The lowest BCUT2D eigenvalue weighted by atomic mass is 9.86. The van der Waals surface area contributed by atoms with E-state index in [0.717, 1.165) is 10.9 Å². The Kier molecular flexibility index (Phi) is 2.96. The Morgan fingerprint density at radius 2 is 2.06 bits per heavy atom. The SMILES string of the molecule is CC(C)(C)c1ccc2[nH]c(C(=O)CC#N)cc2c1. The van der Waals surface area contributed by atoms with Crippen LogP contribution in [0.25, 0.3) is 10.9 Å². The first-order valence-electron chi connectivity index (χ1n) is 5.95. The summed E-state index contributed by atoms with van der Waals surface area (Å²) in [6.07, 6.45) is -0.0844. The minimum absolute atomic E-state index is 0.0844. The second-order valence-electron chi connectivity index (χ2n) is 5.49. The van der Waals surface area contributed by atoms with Gasteiger partial charge in [-0.1, -0.05) is 26.8 Å². The fourth-order valence-corrected chi connectivity index (χ4v) is 1.92. The predicted molar refractivity (Wildman–Crippen MR) is 71.6 cm³/mol. The van der Waals surface area contributed by atoms with Crippen LogP contribution in [0.15, 0.2) is 24.3 Å². The predicted octanol–water partition coefficient (Wildman–Crippen LogP) is 3.56. The number of hydrogen-bond donors (Lipinski definition) is 1. The number of ketones is 1. The lowest BCUT2D eigenvalue weighted by molar-refractivity contribution is 0.0994. The first kappa shape index (κ1) is 12.4. The number of fused-ring (bicyclic) bond motifs is 1. The summed E-state index contributed by atoms with van der Waals surface area (Å²) < 4.78 is 0. The number of rotatable bonds is 2. The minimum atomic E-state index is -0.161. The van der Waals surface area contributed by atoms with E-state index in [1.165, 1.54) is 5.56 Å². The average Bonchev–Trinajstić information content (AvgIpc) is 2.70. The van der Waals surface area contributed by atoms with Crippen LogP contribution in [0.1, 0.15) is 43.2 Å². The molecule has 0 aliphatic heterocycles. The molecule has 0 saturated heterocycles. The standard InChI is InChI=1S/C15H16N2O/c1-15(2,3)11-4-5-12-10(8-11)9-13(17-12)14(18)6-7-16/h4-5,8-9,17H,6H2,1-3H3. The van der Waals surface area contributed by atoms with Crippen molar-refractivity contribution in [2.24, 2.45) is 0 Å². The summed E-state index contributed by atoms with van der Waals surface area (Å²) in [4.78, 5) is 14.7. The molecule has 2 aromatic rings. The number of nitrogens with one attached hydrogen (secondary N) is 1.